The maximum atomic E-state index is 12.7. The van der Waals surface area contributed by atoms with E-state index in [9.17, 15) is 4.79 Å². The van der Waals surface area contributed by atoms with E-state index in [-0.39, 0.29) is 11.8 Å². The van der Waals surface area contributed by atoms with Gasteiger partial charge in [0.05, 0.1) is 19.3 Å². The van der Waals surface area contributed by atoms with Crippen LogP contribution >= 0.6 is 0 Å². The van der Waals surface area contributed by atoms with Crippen LogP contribution in [0, 0.1) is 5.92 Å². The SMILES string of the molecule is CC(C)c1cc(C(=O)N2CCN3[C@@H](COC[C@@H]3C3CC3)C2)no1. The highest BCUT2D eigenvalue weighted by Crippen LogP contribution is 2.38. The zero-order valence-corrected chi connectivity index (χ0v) is 13.9. The molecule has 0 radical (unpaired) electrons. The lowest BCUT2D eigenvalue weighted by Gasteiger charge is -2.48. The topological polar surface area (TPSA) is 58.8 Å². The van der Waals surface area contributed by atoms with E-state index < -0.39 is 0 Å². The third-order valence-corrected chi connectivity index (χ3v) is 5.32. The monoisotopic (exact) mass is 319 g/mol. The number of morpholine rings is 1. The second-order valence-corrected chi connectivity index (χ2v) is 7.35. The van der Waals surface area contributed by atoms with Crippen molar-refractivity contribution in [3.8, 4) is 0 Å². The molecular weight excluding hydrogens is 294 g/mol. The van der Waals surface area contributed by atoms with Gasteiger partial charge in [-0.25, -0.2) is 0 Å². The number of hydrogen-bond donors (Lipinski definition) is 0. The summed E-state index contributed by atoms with van der Waals surface area (Å²) in [6, 6.07) is 2.66. The van der Waals surface area contributed by atoms with Crippen molar-refractivity contribution in [1.29, 1.82) is 0 Å². The number of aromatic nitrogens is 1. The molecule has 0 unspecified atom stereocenters. The number of hydrogen-bond acceptors (Lipinski definition) is 5. The maximum absolute atomic E-state index is 12.7. The van der Waals surface area contributed by atoms with Crippen LogP contribution in [0.4, 0.5) is 0 Å². The summed E-state index contributed by atoms with van der Waals surface area (Å²) in [6.45, 7) is 8.08. The van der Waals surface area contributed by atoms with E-state index in [1.54, 1.807) is 6.07 Å². The Hall–Kier alpha value is -1.40. The van der Waals surface area contributed by atoms with Crippen LogP contribution in [0.25, 0.3) is 0 Å². The van der Waals surface area contributed by atoms with Crippen molar-refractivity contribution in [2.24, 2.45) is 5.92 Å². The molecule has 126 valence electrons. The third kappa shape index (κ3) is 2.90. The molecule has 2 aliphatic heterocycles. The van der Waals surface area contributed by atoms with Crippen LogP contribution in [0.5, 0.6) is 0 Å². The Morgan fingerprint density at radius 2 is 2.13 bits per heavy atom. The normalized spacial score (nSPS) is 28.9. The van der Waals surface area contributed by atoms with E-state index in [2.05, 4.69) is 10.1 Å². The fourth-order valence-electron chi connectivity index (χ4n) is 3.77. The van der Waals surface area contributed by atoms with Crippen molar-refractivity contribution >= 4 is 5.91 Å². The molecule has 6 heteroatoms. The molecule has 1 amide bonds. The summed E-state index contributed by atoms with van der Waals surface area (Å²) in [5.74, 6) is 1.80. The Labute approximate surface area is 136 Å². The van der Waals surface area contributed by atoms with Gasteiger partial charge in [0.1, 0.15) is 5.76 Å². The van der Waals surface area contributed by atoms with Crippen LogP contribution in [0.3, 0.4) is 0 Å². The second-order valence-electron chi connectivity index (χ2n) is 7.35. The molecule has 3 aliphatic rings. The van der Waals surface area contributed by atoms with E-state index in [1.165, 1.54) is 12.8 Å². The molecule has 0 N–H and O–H groups in total. The molecule has 23 heavy (non-hydrogen) atoms. The molecular formula is C17H25N3O3. The summed E-state index contributed by atoms with van der Waals surface area (Å²) in [7, 11) is 0. The van der Waals surface area contributed by atoms with Gasteiger partial charge in [0.15, 0.2) is 5.69 Å². The zero-order chi connectivity index (χ0) is 16.0. The van der Waals surface area contributed by atoms with Gasteiger partial charge < -0.3 is 14.2 Å². The number of carbonyl (C=O) groups is 1. The van der Waals surface area contributed by atoms with E-state index in [4.69, 9.17) is 9.26 Å². The number of piperazine rings is 1. The number of amides is 1. The molecule has 1 saturated carbocycles. The Kier molecular flexibility index (Phi) is 3.89. The van der Waals surface area contributed by atoms with Crippen LogP contribution in [-0.4, -0.2) is 65.8 Å². The molecule has 2 atom stereocenters. The van der Waals surface area contributed by atoms with Crippen LogP contribution in [-0.2, 0) is 4.74 Å². The Bertz CT molecular complexity index is 581. The summed E-state index contributed by atoms with van der Waals surface area (Å²) in [6.07, 6.45) is 2.66. The van der Waals surface area contributed by atoms with Crippen molar-refractivity contribution in [2.75, 3.05) is 32.8 Å². The average Bonchev–Trinajstić information content (AvgIpc) is 3.28. The summed E-state index contributed by atoms with van der Waals surface area (Å²) < 4.78 is 11.1. The Morgan fingerprint density at radius 1 is 1.30 bits per heavy atom. The van der Waals surface area contributed by atoms with Gasteiger partial charge in [-0.3, -0.25) is 9.69 Å². The van der Waals surface area contributed by atoms with Gasteiger partial charge in [0, 0.05) is 37.7 Å². The molecule has 1 aromatic rings. The van der Waals surface area contributed by atoms with Crippen LogP contribution in [0.2, 0.25) is 0 Å². The van der Waals surface area contributed by atoms with Gasteiger partial charge >= 0.3 is 0 Å². The maximum Gasteiger partial charge on any atom is 0.276 e. The molecule has 0 aromatic carbocycles. The Morgan fingerprint density at radius 3 is 2.83 bits per heavy atom. The van der Waals surface area contributed by atoms with E-state index in [1.807, 2.05) is 18.7 Å². The molecule has 3 fully saturated rings. The van der Waals surface area contributed by atoms with Crippen LogP contribution in [0.1, 0.15) is 48.9 Å². The average molecular weight is 319 g/mol. The van der Waals surface area contributed by atoms with E-state index in [0.717, 1.165) is 44.5 Å². The first kappa shape index (κ1) is 15.1. The Balaban J connectivity index is 1.43. The molecule has 1 aliphatic carbocycles. The summed E-state index contributed by atoms with van der Waals surface area (Å²) in [4.78, 5) is 17.2. The molecule has 6 nitrogen and oxygen atoms in total. The van der Waals surface area contributed by atoms with Crippen molar-refractivity contribution in [3.05, 3.63) is 17.5 Å². The van der Waals surface area contributed by atoms with E-state index >= 15 is 0 Å². The summed E-state index contributed by atoms with van der Waals surface area (Å²) in [5, 5.41) is 3.96. The summed E-state index contributed by atoms with van der Waals surface area (Å²) >= 11 is 0. The van der Waals surface area contributed by atoms with Crippen molar-refractivity contribution in [3.63, 3.8) is 0 Å². The molecule has 0 bridgehead atoms. The minimum atomic E-state index is -0.0196. The number of ether oxygens (including phenoxy) is 1. The van der Waals surface area contributed by atoms with Gasteiger partial charge in [0.2, 0.25) is 0 Å². The molecule has 1 aromatic heterocycles. The highest BCUT2D eigenvalue weighted by atomic mass is 16.5. The van der Waals surface area contributed by atoms with Gasteiger partial charge in [-0.2, -0.15) is 0 Å². The number of carbonyl (C=O) groups excluding carboxylic acids is 1. The van der Waals surface area contributed by atoms with Crippen LogP contribution < -0.4 is 0 Å². The van der Waals surface area contributed by atoms with Crippen LogP contribution in [0.15, 0.2) is 10.6 Å². The first-order chi connectivity index (χ1) is 11.1. The zero-order valence-electron chi connectivity index (χ0n) is 13.9. The molecule has 0 spiro atoms. The number of nitrogens with zero attached hydrogens (tertiary/aromatic N) is 3. The predicted molar refractivity (Wildman–Crippen MR) is 84.3 cm³/mol. The molecule has 2 saturated heterocycles. The van der Waals surface area contributed by atoms with Gasteiger partial charge in [-0.1, -0.05) is 19.0 Å². The quantitative estimate of drug-likeness (QED) is 0.849. The first-order valence-electron chi connectivity index (χ1n) is 8.73. The lowest BCUT2D eigenvalue weighted by Crippen LogP contribution is -2.63. The largest absolute Gasteiger partial charge is 0.378 e. The second kappa shape index (κ2) is 5.91. The molecule has 3 heterocycles. The fourth-order valence-corrected chi connectivity index (χ4v) is 3.77. The standard InChI is InChI=1S/C17H25N3O3/c1-11(2)16-7-14(18-23-16)17(21)19-5-6-20-13(8-19)9-22-10-15(20)12-3-4-12/h7,11-13,15H,3-6,8-10H2,1-2H3/t13-,15-/m1/s1. The van der Waals surface area contributed by atoms with Gasteiger partial charge in [-0.05, 0) is 18.8 Å². The third-order valence-electron chi connectivity index (χ3n) is 5.32. The highest BCUT2D eigenvalue weighted by Gasteiger charge is 2.43. The first-order valence-corrected chi connectivity index (χ1v) is 8.73. The van der Waals surface area contributed by atoms with Gasteiger partial charge in [-0.15, -0.1) is 0 Å². The fraction of sp³-hybridized carbons (Fsp3) is 0.765. The molecule has 4 rings (SSSR count). The van der Waals surface area contributed by atoms with Crippen molar-refractivity contribution in [1.82, 2.24) is 15.0 Å². The minimum absolute atomic E-state index is 0.0196. The lowest BCUT2D eigenvalue weighted by atomic mass is 10.0. The lowest BCUT2D eigenvalue weighted by molar-refractivity contribution is -0.0817. The van der Waals surface area contributed by atoms with Crippen molar-refractivity contribution < 1.29 is 14.1 Å². The van der Waals surface area contributed by atoms with Crippen molar-refractivity contribution in [2.45, 2.75) is 44.7 Å². The van der Waals surface area contributed by atoms with Gasteiger partial charge in [0.25, 0.3) is 5.91 Å². The smallest absolute Gasteiger partial charge is 0.276 e. The van der Waals surface area contributed by atoms with E-state index in [0.29, 0.717) is 17.8 Å². The highest BCUT2D eigenvalue weighted by molar-refractivity contribution is 5.92. The number of fused-ring (bicyclic) bond motifs is 1. The minimum Gasteiger partial charge on any atom is -0.378 e. The number of rotatable bonds is 3. The predicted octanol–water partition coefficient (Wildman–Crippen LogP) is 1.73. The summed E-state index contributed by atoms with van der Waals surface area (Å²) in [5.41, 5.74) is 0.428.